The van der Waals surface area contributed by atoms with Crippen molar-refractivity contribution in [2.75, 3.05) is 24.7 Å². The maximum atomic E-state index is 11.9. The molecular formula is C15H22N4O5S2. The lowest BCUT2D eigenvalue weighted by atomic mass is 10.2. The molecular weight excluding hydrogens is 380 g/mol. The van der Waals surface area contributed by atoms with E-state index in [1.165, 1.54) is 16.4 Å². The highest BCUT2D eigenvalue weighted by Crippen LogP contribution is 2.16. The predicted molar refractivity (Wildman–Crippen MR) is 96.6 cm³/mol. The van der Waals surface area contributed by atoms with Crippen LogP contribution in [0.4, 0.5) is 0 Å². The van der Waals surface area contributed by atoms with Crippen LogP contribution >= 0.6 is 11.8 Å². The Morgan fingerprint density at radius 1 is 1.31 bits per heavy atom. The maximum absolute atomic E-state index is 11.9. The molecule has 0 amide bonds. The van der Waals surface area contributed by atoms with Crippen molar-refractivity contribution in [2.45, 2.75) is 24.6 Å². The van der Waals surface area contributed by atoms with Crippen molar-refractivity contribution in [1.82, 2.24) is 20.2 Å². The predicted octanol–water partition coefficient (Wildman–Crippen LogP) is 0.787. The molecule has 1 atom stereocenters. The van der Waals surface area contributed by atoms with Gasteiger partial charge in [-0.1, -0.05) is 30.0 Å². The first-order valence-electron chi connectivity index (χ1n) is 7.96. The molecule has 2 rings (SSSR count). The van der Waals surface area contributed by atoms with Gasteiger partial charge in [0.25, 0.3) is 10.1 Å². The van der Waals surface area contributed by atoms with Crippen molar-refractivity contribution in [1.29, 1.82) is 0 Å². The first kappa shape index (κ1) is 20.6. The Bertz CT molecular complexity index is 797. The highest BCUT2D eigenvalue weighted by atomic mass is 32.2. The molecule has 0 spiro atoms. The lowest BCUT2D eigenvalue weighted by Gasteiger charge is -2.14. The number of aliphatic hydroxyl groups excluding tert-OH is 1. The Kier molecular flexibility index (Phi) is 7.82. The number of ether oxygens (including phenoxy) is 1. The molecule has 1 N–H and O–H groups in total. The number of aromatic nitrogens is 4. The quantitative estimate of drug-likeness (QED) is 0.331. The number of tetrazole rings is 1. The van der Waals surface area contributed by atoms with Crippen LogP contribution in [0.3, 0.4) is 0 Å². The number of nitrogens with zero attached hydrogens (tertiary/aromatic N) is 4. The third kappa shape index (κ3) is 6.90. The molecule has 11 heteroatoms. The van der Waals surface area contributed by atoms with E-state index < -0.39 is 16.2 Å². The number of aliphatic hydroxyl groups is 1. The van der Waals surface area contributed by atoms with Crippen molar-refractivity contribution in [3.63, 3.8) is 0 Å². The van der Waals surface area contributed by atoms with Crippen LogP contribution in [0.15, 0.2) is 29.4 Å². The van der Waals surface area contributed by atoms with Gasteiger partial charge in [-0.15, -0.1) is 5.10 Å². The van der Waals surface area contributed by atoms with E-state index in [-0.39, 0.29) is 19.0 Å². The minimum atomic E-state index is -3.71. The van der Waals surface area contributed by atoms with E-state index in [9.17, 15) is 13.5 Å². The summed E-state index contributed by atoms with van der Waals surface area (Å²) in [6, 6.07) is 7.37. The molecule has 26 heavy (non-hydrogen) atoms. The molecule has 144 valence electrons. The van der Waals surface area contributed by atoms with Crippen molar-refractivity contribution in [3.05, 3.63) is 29.8 Å². The summed E-state index contributed by atoms with van der Waals surface area (Å²) in [6.45, 7) is 1.50. The van der Waals surface area contributed by atoms with Gasteiger partial charge in [0.15, 0.2) is 0 Å². The largest absolute Gasteiger partial charge is 0.491 e. The van der Waals surface area contributed by atoms with Gasteiger partial charge in [-0.2, -0.15) is 8.42 Å². The second kappa shape index (κ2) is 9.86. The summed E-state index contributed by atoms with van der Waals surface area (Å²) >= 11 is 1.36. The van der Waals surface area contributed by atoms with Crippen LogP contribution < -0.4 is 4.74 Å². The molecule has 1 aromatic carbocycles. The number of aryl methyl sites for hydroxylation is 2. The average molecular weight is 402 g/mol. The summed E-state index contributed by atoms with van der Waals surface area (Å²) in [7, 11) is -2.00. The summed E-state index contributed by atoms with van der Waals surface area (Å²) in [5, 5.41) is 21.5. The Labute approximate surface area is 156 Å². The minimum Gasteiger partial charge on any atom is -0.491 e. The van der Waals surface area contributed by atoms with E-state index in [0.29, 0.717) is 23.1 Å². The Balaban J connectivity index is 1.65. The number of rotatable bonds is 11. The van der Waals surface area contributed by atoms with E-state index in [0.717, 1.165) is 5.56 Å². The zero-order valence-corrected chi connectivity index (χ0v) is 16.2. The molecule has 0 radical (unpaired) electrons. The van der Waals surface area contributed by atoms with Crippen LogP contribution in [0.25, 0.3) is 0 Å². The topological polar surface area (TPSA) is 116 Å². The summed E-state index contributed by atoms with van der Waals surface area (Å²) in [4.78, 5) is 0. The monoisotopic (exact) mass is 402 g/mol. The molecule has 1 unspecified atom stereocenters. The van der Waals surface area contributed by atoms with E-state index >= 15 is 0 Å². The number of benzene rings is 1. The summed E-state index contributed by atoms with van der Waals surface area (Å²) < 4.78 is 35.6. The zero-order valence-electron chi connectivity index (χ0n) is 14.6. The molecule has 0 aliphatic carbocycles. The van der Waals surface area contributed by atoms with Gasteiger partial charge in [0.1, 0.15) is 18.5 Å². The van der Waals surface area contributed by atoms with Gasteiger partial charge < -0.3 is 9.84 Å². The fraction of sp³-hybridized carbons (Fsp3) is 0.533. The molecule has 0 aliphatic rings. The summed E-state index contributed by atoms with van der Waals surface area (Å²) in [5.41, 5.74) is 0.934. The zero-order chi connectivity index (χ0) is 19.0. The summed E-state index contributed by atoms with van der Waals surface area (Å²) in [6.07, 6.45) is -0.654. The number of thioether (sulfide) groups is 1. The molecule has 1 aromatic heterocycles. The first-order chi connectivity index (χ1) is 12.4. The van der Waals surface area contributed by atoms with Crippen LogP contribution in [0.5, 0.6) is 5.75 Å². The standard InChI is InChI=1S/C15H22N4O5S2/c1-12-6-3-4-7-14(12)23-10-13(20)11-24-26(21,22)9-5-8-25-15-16-17-18-19(15)2/h3-4,6-7,13,20H,5,8-11H2,1-2H3. The molecule has 1 heterocycles. The Morgan fingerprint density at radius 2 is 2.08 bits per heavy atom. The van der Waals surface area contributed by atoms with Gasteiger partial charge in [0.05, 0.1) is 12.4 Å². The third-order valence-corrected chi connectivity index (χ3v) is 5.70. The second-order valence-corrected chi connectivity index (χ2v) is 8.39. The minimum absolute atomic E-state index is 0.0462. The molecule has 0 aliphatic heterocycles. The fourth-order valence-electron chi connectivity index (χ4n) is 1.94. The van der Waals surface area contributed by atoms with Crippen LogP contribution in [-0.4, -0.2) is 64.6 Å². The van der Waals surface area contributed by atoms with E-state index in [4.69, 9.17) is 8.92 Å². The smallest absolute Gasteiger partial charge is 0.267 e. The van der Waals surface area contributed by atoms with Crippen LogP contribution in [0.1, 0.15) is 12.0 Å². The van der Waals surface area contributed by atoms with Crippen molar-refractivity contribution in [3.8, 4) is 5.75 Å². The van der Waals surface area contributed by atoms with Gasteiger partial charge in [-0.25, -0.2) is 4.68 Å². The normalized spacial score (nSPS) is 12.9. The Hall–Kier alpha value is -1.69. The van der Waals surface area contributed by atoms with Gasteiger partial charge in [0.2, 0.25) is 5.16 Å². The van der Waals surface area contributed by atoms with E-state index in [1.807, 2.05) is 25.1 Å². The van der Waals surface area contributed by atoms with Crippen LogP contribution in [0, 0.1) is 6.92 Å². The average Bonchev–Trinajstić information content (AvgIpc) is 3.01. The van der Waals surface area contributed by atoms with E-state index in [2.05, 4.69) is 15.5 Å². The van der Waals surface area contributed by atoms with Crippen molar-refractivity contribution < 1.29 is 22.4 Å². The second-order valence-electron chi connectivity index (χ2n) is 5.56. The molecule has 2 aromatic rings. The van der Waals surface area contributed by atoms with Gasteiger partial charge >= 0.3 is 0 Å². The number of para-hydroxylation sites is 1. The number of hydrogen-bond acceptors (Lipinski definition) is 9. The SMILES string of the molecule is Cc1ccccc1OCC(O)COS(=O)(=O)CCCSc1nnnn1C. The van der Waals surface area contributed by atoms with E-state index in [1.54, 1.807) is 13.1 Å². The van der Waals surface area contributed by atoms with Crippen LogP contribution in [-0.2, 0) is 21.3 Å². The molecule has 9 nitrogen and oxygen atoms in total. The fourth-order valence-corrected chi connectivity index (χ4v) is 3.89. The van der Waals surface area contributed by atoms with Gasteiger partial charge in [0, 0.05) is 12.8 Å². The summed E-state index contributed by atoms with van der Waals surface area (Å²) in [5.74, 6) is 1.04. The Morgan fingerprint density at radius 3 is 2.77 bits per heavy atom. The van der Waals surface area contributed by atoms with Crippen molar-refractivity contribution in [2.24, 2.45) is 7.05 Å². The molecule has 0 saturated heterocycles. The molecule has 0 saturated carbocycles. The highest BCUT2D eigenvalue weighted by Gasteiger charge is 2.15. The third-order valence-electron chi connectivity index (χ3n) is 3.32. The van der Waals surface area contributed by atoms with Gasteiger partial charge in [-0.3, -0.25) is 4.18 Å². The molecule has 0 bridgehead atoms. The highest BCUT2D eigenvalue weighted by molar-refractivity contribution is 7.99. The van der Waals surface area contributed by atoms with Crippen molar-refractivity contribution >= 4 is 21.9 Å². The number of hydrogen-bond donors (Lipinski definition) is 1. The maximum Gasteiger partial charge on any atom is 0.267 e. The van der Waals surface area contributed by atoms with Crippen LogP contribution in [0.2, 0.25) is 0 Å². The first-order valence-corrected chi connectivity index (χ1v) is 10.5. The van der Waals surface area contributed by atoms with Gasteiger partial charge in [-0.05, 0) is 35.4 Å². The molecule has 0 fully saturated rings. The lowest BCUT2D eigenvalue weighted by Crippen LogP contribution is -2.26. The lowest BCUT2D eigenvalue weighted by molar-refractivity contribution is 0.0646.